The number of halogens is 2. The molecule has 0 aliphatic carbocycles. The molecule has 0 unspecified atom stereocenters. The average molecular weight is 266 g/mol. The quantitative estimate of drug-likeness (QED) is 0.771. The zero-order valence-electron chi connectivity index (χ0n) is 9.77. The molecular weight excluding hydrogens is 253 g/mol. The normalized spacial score (nSPS) is 10.3. The van der Waals surface area contributed by atoms with Crippen LogP contribution >= 0.6 is 11.6 Å². The highest BCUT2D eigenvalue weighted by molar-refractivity contribution is 6.17. The molecule has 0 amide bonds. The first-order valence-electron chi connectivity index (χ1n) is 5.65. The molecule has 0 saturated heterocycles. The molecule has 1 aromatic heterocycles. The molecule has 1 heterocycles. The van der Waals surface area contributed by atoms with Crippen LogP contribution in [0.5, 0.6) is 5.75 Å². The first-order chi connectivity index (χ1) is 8.79. The lowest BCUT2D eigenvalue weighted by Gasteiger charge is -2.08. The van der Waals surface area contributed by atoms with Gasteiger partial charge < -0.3 is 4.74 Å². The van der Waals surface area contributed by atoms with Gasteiger partial charge in [0.1, 0.15) is 0 Å². The van der Waals surface area contributed by atoms with Crippen molar-refractivity contribution in [2.24, 2.45) is 0 Å². The second kappa shape index (κ2) is 6.36. The van der Waals surface area contributed by atoms with Crippen molar-refractivity contribution in [1.82, 2.24) is 4.98 Å². The number of hydrogen-bond acceptors (Lipinski definition) is 2. The molecule has 0 bridgehead atoms. The number of pyridine rings is 1. The summed E-state index contributed by atoms with van der Waals surface area (Å²) in [6.45, 7) is 0.432. The van der Waals surface area contributed by atoms with Gasteiger partial charge in [-0.15, -0.1) is 11.6 Å². The second-order valence-corrected chi connectivity index (χ2v) is 4.12. The third-order valence-electron chi connectivity index (χ3n) is 2.55. The van der Waals surface area contributed by atoms with E-state index in [0.717, 1.165) is 17.5 Å². The number of ether oxygens (including phenoxy) is 1. The van der Waals surface area contributed by atoms with E-state index in [0.29, 0.717) is 12.5 Å². The standard InChI is InChI=1S/C14H13ClFNO/c15-10-12-1-2-14(13(16)9-12)18-8-5-11-3-6-17-7-4-11/h1-4,6-7,9H,5,8,10H2. The van der Waals surface area contributed by atoms with Gasteiger partial charge in [0.2, 0.25) is 0 Å². The molecule has 0 aliphatic heterocycles. The highest BCUT2D eigenvalue weighted by Gasteiger charge is 2.04. The van der Waals surface area contributed by atoms with Gasteiger partial charge in [0.15, 0.2) is 11.6 Å². The second-order valence-electron chi connectivity index (χ2n) is 3.85. The van der Waals surface area contributed by atoms with Gasteiger partial charge in [0, 0.05) is 24.7 Å². The fourth-order valence-corrected chi connectivity index (χ4v) is 1.74. The first-order valence-corrected chi connectivity index (χ1v) is 6.19. The lowest BCUT2D eigenvalue weighted by Crippen LogP contribution is -2.03. The maximum Gasteiger partial charge on any atom is 0.165 e. The molecule has 2 rings (SSSR count). The molecule has 1 aromatic carbocycles. The number of alkyl halides is 1. The Balaban J connectivity index is 1.91. The average Bonchev–Trinajstić information content (AvgIpc) is 2.42. The summed E-state index contributed by atoms with van der Waals surface area (Å²) in [5, 5.41) is 0. The fraction of sp³-hybridized carbons (Fsp3) is 0.214. The lowest BCUT2D eigenvalue weighted by molar-refractivity contribution is 0.305. The molecule has 18 heavy (non-hydrogen) atoms. The van der Waals surface area contributed by atoms with Gasteiger partial charge in [-0.2, -0.15) is 0 Å². The van der Waals surface area contributed by atoms with Crippen LogP contribution in [0.25, 0.3) is 0 Å². The zero-order chi connectivity index (χ0) is 12.8. The summed E-state index contributed by atoms with van der Waals surface area (Å²) >= 11 is 5.62. The topological polar surface area (TPSA) is 22.1 Å². The molecule has 0 fully saturated rings. The number of aromatic nitrogens is 1. The Bertz CT molecular complexity index is 504. The lowest BCUT2D eigenvalue weighted by atomic mass is 10.2. The number of rotatable bonds is 5. The highest BCUT2D eigenvalue weighted by atomic mass is 35.5. The monoisotopic (exact) mass is 265 g/mol. The summed E-state index contributed by atoms with van der Waals surface area (Å²) in [7, 11) is 0. The van der Waals surface area contributed by atoms with Crippen LogP contribution in [0.1, 0.15) is 11.1 Å². The Kier molecular flexibility index (Phi) is 4.53. The minimum atomic E-state index is -0.372. The Morgan fingerprint density at radius 2 is 1.89 bits per heavy atom. The molecule has 0 atom stereocenters. The van der Waals surface area contributed by atoms with Crippen LogP contribution in [-0.4, -0.2) is 11.6 Å². The van der Waals surface area contributed by atoms with Crippen molar-refractivity contribution in [1.29, 1.82) is 0 Å². The van der Waals surface area contributed by atoms with Crippen LogP contribution in [0, 0.1) is 5.82 Å². The van der Waals surface area contributed by atoms with Crippen molar-refractivity contribution in [2.75, 3.05) is 6.61 Å². The molecule has 4 heteroatoms. The maximum absolute atomic E-state index is 13.6. The largest absolute Gasteiger partial charge is 0.490 e. The molecule has 2 aromatic rings. The Hall–Kier alpha value is -1.61. The van der Waals surface area contributed by atoms with Crippen molar-refractivity contribution in [3.05, 3.63) is 59.7 Å². The Morgan fingerprint density at radius 3 is 2.56 bits per heavy atom. The SMILES string of the molecule is Fc1cc(CCl)ccc1OCCc1ccncc1. The minimum absolute atomic E-state index is 0.262. The van der Waals surface area contributed by atoms with E-state index < -0.39 is 0 Å². The highest BCUT2D eigenvalue weighted by Crippen LogP contribution is 2.19. The number of benzene rings is 1. The van der Waals surface area contributed by atoms with E-state index in [1.807, 2.05) is 12.1 Å². The van der Waals surface area contributed by atoms with Gasteiger partial charge in [0.05, 0.1) is 6.61 Å². The van der Waals surface area contributed by atoms with Crippen molar-refractivity contribution in [3.8, 4) is 5.75 Å². The summed E-state index contributed by atoms with van der Waals surface area (Å²) in [4.78, 5) is 3.93. The zero-order valence-corrected chi connectivity index (χ0v) is 10.5. The number of nitrogens with zero attached hydrogens (tertiary/aromatic N) is 1. The van der Waals surface area contributed by atoms with E-state index in [4.69, 9.17) is 16.3 Å². The first kappa shape index (κ1) is 12.8. The van der Waals surface area contributed by atoms with Crippen LogP contribution in [-0.2, 0) is 12.3 Å². The van der Waals surface area contributed by atoms with Gasteiger partial charge >= 0.3 is 0 Å². The van der Waals surface area contributed by atoms with Crippen molar-refractivity contribution < 1.29 is 9.13 Å². The molecule has 94 valence electrons. The van der Waals surface area contributed by atoms with Crippen LogP contribution < -0.4 is 4.74 Å². The van der Waals surface area contributed by atoms with E-state index in [9.17, 15) is 4.39 Å². The van der Waals surface area contributed by atoms with Gasteiger partial charge in [-0.05, 0) is 35.4 Å². The molecule has 0 radical (unpaired) electrons. The van der Waals surface area contributed by atoms with Crippen LogP contribution in [0.2, 0.25) is 0 Å². The molecule has 2 nitrogen and oxygen atoms in total. The summed E-state index contributed by atoms with van der Waals surface area (Å²) < 4.78 is 19.0. The van der Waals surface area contributed by atoms with E-state index >= 15 is 0 Å². The Labute approximate surface area is 110 Å². The third-order valence-corrected chi connectivity index (χ3v) is 2.86. The molecule has 0 spiro atoms. The maximum atomic E-state index is 13.6. The molecule has 0 aliphatic rings. The van der Waals surface area contributed by atoms with Gasteiger partial charge in [-0.3, -0.25) is 4.98 Å². The summed E-state index contributed by atoms with van der Waals surface area (Å²) in [6, 6.07) is 8.60. The van der Waals surface area contributed by atoms with E-state index in [2.05, 4.69) is 4.98 Å². The van der Waals surface area contributed by atoms with Crippen LogP contribution in [0.4, 0.5) is 4.39 Å². The minimum Gasteiger partial charge on any atom is -0.490 e. The third kappa shape index (κ3) is 3.44. The fourth-order valence-electron chi connectivity index (χ4n) is 1.57. The van der Waals surface area contributed by atoms with E-state index in [1.165, 1.54) is 6.07 Å². The van der Waals surface area contributed by atoms with E-state index in [-0.39, 0.29) is 11.6 Å². The Morgan fingerprint density at radius 1 is 1.11 bits per heavy atom. The van der Waals surface area contributed by atoms with Crippen molar-refractivity contribution in [2.45, 2.75) is 12.3 Å². The predicted octanol–water partition coefficient (Wildman–Crippen LogP) is 3.58. The van der Waals surface area contributed by atoms with Crippen molar-refractivity contribution >= 4 is 11.6 Å². The molecular formula is C14H13ClFNO. The van der Waals surface area contributed by atoms with Gasteiger partial charge in [0.25, 0.3) is 0 Å². The smallest absolute Gasteiger partial charge is 0.165 e. The predicted molar refractivity (Wildman–Crippen MR) is 69.4 cm³/mol. The van der Waals surface area contributed by atoms with Crippen LogP contribution in [0.3, 0.4) is 0 Å². The summed E-state index contributed by atoms with van der Waals surface area (Å²) in [6.07, 6.45) is 4.18. The van der Waals surface area contributed by atoms with E-state index in [1.54, 1.807) is 24.5 Å². The number of hydrogen-bond donors (Lipinski definition) is 0. The van der Waals surface area contributed by atoms with Gasteiger partial charge in [-0.1, -0.05) is 6.07 Å². The summed E-state index contributed by atoms with van der Waals surface area (Å²) in [5.41, 5.74) is 1.86. The van der Waals surface area contributed by atoms with Crippen LogP contribution in [0.15, 0.2) is 42.7 Å². The summed E-state index contributed by atoms with van der Waals surface area (Å²) in [5.74, 6) is 0.189. The van der Waals surface area contributed by atoms with Crippen molar-refractivity contribution in [3.63, 3.8) is 0 Å². The van der Waals surface area contributed by atoms with Gasteiger partial charge in [-0.25, -0.2) is 4.39 Å². The molecule has 0 N–H and O–H groups in total. The molecule has 0 saturated carbocycles.